The molecule has 0 bridgehead atoms. The monoisotopic (exact) mass is 811 g/mol. The van der Waals surface area contributed by atoms with Gasteiger partial charge in [0.2, 0.25) is 0 Å². The maximum Gasteiger partial charge on any atom is 0.0609 e. The molecule has 0 amide bonds. The molecule has 0 saturated heterocycles. The molecule has 0 aliphatic carbocycles. The zero-order chi connectivity index (χ0) is 32.1. The topological polar surface area (TPSA) is 28.7 Å². The summed E-state index contributed by atoms with van der Waals surface area (Å²) in [4.78, 5) is 9.37. The zero-order valence-corrected chi connectivity index (χ0v) is 29.4. The Morgan fingerprint density at radius 2 is 1.27 bits per heavy atom. The molecule has 0 saturated carbocycles. The van der Waals surface area contributed by atoms with Gasteiger partial charge in [0.1, 0.15) is 0 Å². The molecule has 1 aliphatic heterocycles. The van der Waals surface area contributed by atoms with E-state index >= 15 is 0 Å². The van der Waals surface area contributed by atoms with Gasteiger partial charge in [-0.3, -0.25) is 4.98 Å². The second-order valence-corrected chi connectivity index (χ2v) is 12.8. The van der Waals surface area contributed by atoms with Crippen LogP contribution < -0.4 is 9.80 Å². The molecule has 240 valence electrons. The molecule has 1 aliphatic rings. The third-order valence-electron chi connectivity index (χ3n) is 9.81. The van der Waals surface area contributed by atoms with Crippen molar-refractivity contribution in [1.82, 2.24) is 14.0 Å². The Bertz CT molecular complexity index is 2750. The Labute approximate surface area is 298 Å². The number of anilines is 4. The van der Waals surface area contributed by atoms with Crippen molar-refractivity contribution in [3.05, 3.63) is 157 Å². The molecule has 0 radical (unpaired) electrons. The van der Waals surface area contributed by atoms with Gasteiger partial charge in [0.25, 0.3) is 0 Å². The third-order valence-corrected chi connectivity index (χ3v) is 9.81. The molecule has 10 rings (SSSR count). The summed E-state index contributed by atoms with van der Waals surface area (Å²) < 4.78 is 4.47. The van der Waals surface area contributed by atoms with E-state index in [4.69, 9.17) is 4.98 Å². The zero-order valence-electron chi connectivity index (χ0n) is 27.2. The molecule has 9 aromatic rings. The van der Waals surface area contributed by atoms with Gasteiger partial charge in [0.15, 0.2) is 0 Å². The summed E-state index contributed by atoms with van der Waals surface area (Å²) in [6, 6.07) is 46.7. The molecule has 0 unspecified atom stereocenters. The maximum atomic E-state index is 4.80. The van der Waals surface area contributed by atoms with Gasteiger partial charge in [0.05, 0.1) is 5.65 Å². The number of para-hydroxylation sites is 4. The Balaban J connectivity index is 0.00000325. The molecule has 5 nitrogen and oxygen atoms in total. The fraction of sp³-hybridized carbons (Fsp3) is 0.0698. The molecule has 0 atom stereocenters. The van der Waals surface area contributed by atoms with Crippen LogP contribution in [-0.2, 0) is 21.1 Å². The number of rotatable bonds is 3. The molecule has 0 spiro atoms. The van der Waals surface area contributed by atoms with Crippen LogP contribution in [0.1, 0.15) is 16.7 Å². The van der Waals surface area contributed by atoms with Crippen LogP contribution in [0.3, 0.4) is 0 Å². The Hall–Kier alpha value is -5.38. The van der Waals surface area contributed by atoms with Crippen molar-refractivity contribution < 1.29 is 21.1 Å². The number of aryl methyl sites for hydroxylation is 3. The first-order chi connectivity index (χ1) is 23.5. The van der Waals surface area contributed by atoms with Crippen LogP contribution in [0.4, 0.5) is 22.7 Å². The van der Waals surface area contributed by atoms with Gasteiger partial charge in [0, 0.05) is 61.6 Å². The summed E-state index contributed by atoms with van der Waals surface area (Å²) in [6.07, 6.45) is 3.91. The standard InChI is InChI=1S/C43H30N5.Pt/c1-27-21-28(2)42(29(3)22-27)47-26-46(39-17-8-9-18-40(39)47)30-11-10-12-31(23-30)48-38-16-7-5-14-33(38)35-24-34-32-13-4-6-15-37(32)45-20-19-44-43(45)36(34)25-41(35)48;/h4-22,24,26H,1-3H3;/q-3;. The van der Waals surface area contributed by atoms with Gasteiger partial charge < -0.3 is 18.8 Å². The third kappa shape index (κ3) is 4.32. The predicted molar refractivity (Wildman–Crippen MR) is 198 cm³/mol. The van der Waals surface area contributed by atoms with E-state index in [9.17, 15) is 0 Å². The fourth-order valence-corrected chi connectivity index (χ4v) is 7.92. The quantitative estimate of drug-likeness (QED) is 0.131. The average Bonchev–Trinajstić information content (AvgIpc) is 3.82. The summed E-state index contributed by atoms with van der Waals surface area (Å²) in [5.74, 6) is 0. The molecule has 0 fully saturated rings. The second-order valence-electron chi connectivity index (χ2n) is 12.8. The van der Waals surface area contributed by atoms with Crippen molar-refractivity contribution in [2.75, 3.05) is 9.80 Å². The number of hydrogen-bond acceptors (Lipinski definition) is 3. The Morgan fingerprint density at radius 1 is 0.612 bits per heavy atom. The molecule has 0 N–H and O–H groups in total. The average molecular weight is 812 g/mol. The van der Waals surface area contributed by atoms with Gasteiger partial charge in [-0.1, -0.05) is 88.1 Å². The van der Waals surface area contributed by atoms with Gasteiger partial charge in [-0.05, 0) is 72.5 Å². The summed E-state index contributed by atoms with van der Waals surface area (Å²) >= 11 is 0. The first kappa shape index (κ1) is 29.7. The first-order valence-corrected chi connectivity index (χ1v) is 16.3. The molecule has 3 aromatic heterocycles. The predicted octanol–water partition coefficient (Wildman–Crippen LogP) is 10.7. The van der Waals surface area contributed by atoms with Gasteiger partial charge >= 0.3 is 0 Å². The number of hydrogen-bond donors (Lipinski definition) is 0. The van der Waals surface area contributed by atoms with Crippen LogP contribution >= 0.6 is 0 Å². The normalized spacial score (nSPS) is 12.9. The van der Waals surface area contributed by atoms with Crippen LogP contribution in [0.25, 0.3) is 54.8 Å². The number of aromatic nitrogens is 3. The van der Waals surface area contributed by atoms with Crippen molar-refractivity contribution in [1.29, 1.82) is 0 Å². The Morgan fingerprint density at radius 3 is 2.04 bits per heavy atom. The van der Waals surface area contributed by atoms with Gasteiger partial charge in [-0.25, -0.2) is 0 Å². The number of pyridine rings is 1. The van der Waals surface area contributed by atoms with E-state index in [1.165, 1.54) is 33.2 Å². The van der Waals surface area contributed by atoms with E-state index in [1.54, 1.807) is 0 Å². The summed E-state index contributed by atoms with van der Waals surface area (Å²) in [5, 5.41) is 5.70. The molecule has 6 heteroatoms. The summed E-state index contributed by atoms with van der Waals surface area (Å²) in [7, 11) is 0. The molecule has 4 heterocycles. The van der Waals surface area contributed by atoms with Crippen LogP contribution in [0.15, 0.2) is 122 Å². The number of nitrogens with zero attached hydrogens (tertiary/aromatic N) is 5. The van der Waals surface area contributed by atoms with Crippen molar-refractivity contribution in [2.45, 2.75) is 20.8 Å². The van der Waals surface area contributed by atoms with Crippen LogP contribution in [0.2, 0.25) is 0 Å². The van der Waals surface area contributed by atoms with Crippen LogP contribution in [-0.4, -0.2) is 14.0 Å². The first-order valence-electron chi connectivity index (χ1n) is 16.3. The largest absolute Gasteiger partial charge is 0.493 e. The van der Waals surface area contributed by atoms with E-state index < -0.39 is 0 Å². The van der Waals surface area contributed by atoms with Gasteiger partial charge in [-0.2, -0.15) is 6.07 Å². The van der Waals surface area contributed by atoms with Crippen molar-refractivity contribution in [3.8, 4) is 5.69 Å². The van der Waals surface area contributed by atoms with E-state index in [1.807, 2.05) is 12.4 Å². The summed E-state index contributed by atoms with van der Waals surface area (Å²) in [6.45, 7) is 8.76. The summed E-state index contributed by atoms with van der Waals surface area (Å²) in [5.41, 5.74) is 13.4. The molecular formula is C43H30N5Pt-3. The van der Waals surface area contributed by atoms with E-state index in [0.29, 0.717) is 0 Å². The second kappa shape index (κ2) is 11.1. The SMILES string of the molecule is Cc1cc(C)c(N2[CH-]N(c3[c-]c(-n4c5[c-]c6c(cc5c5ccccc54)c4ccccc4n4ccnc64)ccc3)c3ccccc32)c(C)c1.[Pt]. The van der Waals surface area contributed by atoms with Crippen molar-refractivity contribution in [3.63, 3.8) is 0 Å². The van der Waals surface area contributed by atoms with Crippen LogP contribution in [0.5, 0.6) is 0 Å². The number of fused-ring (bicyclic) bond motifs is 10. The minimum atomic E-state index is 0. The molecule has 49 heavy (non-hydrogen) atoms. The van der Waals surface area contributed by atoms with E-state index in [2.05, 4.69) is 168 Å². The smallest absolute Gasteiger partial charge is 0.0609 e. The molecular weight excluding hydrogens is 782 g/mol. The van der Waals surface area contributed by atoms with E-state index in [-0.39, 0.29) is 21.1 Å². The molecule has 6 aromatic carbocycles. The number of imidazole rings is 1. The van der Waals surface area contributed by atoms with Gasteiger partial charge in [-0.15, -0.1) is 42.7 Å². The van der Waals surface area contributed by atoms with Crippen molar-refractivity contribution >= 4 is 71.9 Å². The van der Waals surface area contributed by atoms with Crippen molar-refractivity contribution in [2.24, 2.45) is 0 Å². The minimum absolute atomic E-state index is 0. The van der Waals surface area contributed by atoms with Crippen LogP contribution in [0, 0.1) is 39.6 Å². The number of benzene rings is 6. The fourth-order valence-electron chi connectivity index (χ4n) is 7.92. The maximum absolute atomic E-state index is 4.80. The van der Waals surface area contributed by atoms with E-state index in [0.717, 1.165) is 61.1 Å². The Kier molecular flexibility index (Phi) is 6.72. The minimum Gasteiger partial charge on any atom is -0.493 e.